The molecule has 0 bridgehead atoms. The fraction of sp³-hybridized carbons (Fsp3) is 0.368. The van der Waals surface area contributed by atoms with Crippen LogP contribution in [0, 0.1) is 10.1 Å². The molecule has 132 valence electrons. The highest BCUT2D eigenvalue weighted by Gasteiger charge is 2.19. The van der Waals surface area contributed by atoms with E-state index in [1.165, 1.54) is 0 Å². The Bertz CT molecular complexity index is 713. The maximum absolute atomic E-state index is 11.4. The number of benzene rings is 2. The van der Waals surface area contributed by atoms with Crippen LogP contribution in [0.4, 0.5) is 17.1 Å². The second-order valence-corrected chi connectivity index (χ2v) is 6.33. The Balaban J connectivity index is 1.87. The van der Waals surface area contributed by atoms with Crippen molar-refractivity contribution in [1.29, 1.82) is 0 Å². The van der Waals surface area contributed by atoms with Crippen molar-refractivity contribution in [3.05, 3.63) is 64.2 Å². The molecule has 6 nitrogen and oxygen atoms in total. The number of rotatable bonds is 5. The first-order chi connectivity index (χ1) is 12.1. The van der Waals surface area contributed by atoms with Gasteiger partial charge in [0.05, 0.1) is 4.92 Å². The van der Waals surface area contributed by atoms with Gasteiger partial charge in [0.15, 0.2) is 0 Å². The van der Waals surface area contributed by atoms with Crippen LogP contribution in [0.2, 0.25) is 0 Å². The molecule has 1 unspecified atom stereocenters. The highest BCUT2D eigenvalue weighted by Crippen LogP contribution is 2.32. The second-order valence-electron chi connectivity index (χ2n) is 6.33. The van der Waals surface area contributed by atoms with Gasteiger partial charge in [-0.15, -0.1) is 0 Å². The van der Waals surface area contributed by atoms with Crippen LogP contribution < -0.4 is 15.5 Å². The van der Waals surface area contributed by atoms with E-state index in [0.717, 1.165) is 43.9 Å². The van der Waals surface area contributed by atoms with Crippen molar-refractivity contribution in [1.82, 2.24) is 5.32 Å². The van der Waals surface area contributed by atoms with E-state index in [9.17, 15) is 10.1 Å². The summed E-state index contributed by atoms with van der Waals surface area (Å²) in [5.41, 5.74) is 2.80. The molecule has 1 aliphatic heterocycles. The zero-order chi connectivity index (χ0) is 17.6. The molecule has 0 saturated carbocycles. The summed E-state index contributed by atoms with van der Waals surface area (Å²) in [4.78, 5) is 13.4. The van der Waals surface area contributed by atoms with E-state index in [-0.39, 0.29) is 16.7 Å². The van der Waals surface area contributed by atoms with Gasteiger partial charge in [-0.2, -0.15) is 0 Å². The van der Waals surface area contributed by atoms with Crippen LogP contribution >= 0.6 is 0 Å². The van der Waals surface area contributed by atoms with E-state index < -0.39 is 0 Å². The Morgan fingerprint density at radius 2 is 1.96 bits per heavy atom. The molecule has 2 N–H and O–H groups in total. The molecule has 1 saturated heterocycles. The average molecular weight is 340 g/mol. The van der Waals surface area contributed by atoms with Crippen LogP contribution in [0.5, 0.6) is 0 Å². The van der Waals surface area contributed by atoms with Crippen LogP contribution in [0.15, 0.2) is 48.5 Å². The first kappa shape index (κ1) is 17.2. The molecule has 2 aromatic rings. The molecule has 1 fully saturated rings. The third kappa shape index (κ3) is 4.28. The summed E-state index contributed by atoms with van der Waals surface area (Å²) in [5, 5.41) is 18.1. The van der Waals surface area contributed by atoms with Crippen molar-refractivity contribution < 1.29 is 4.92 Å². The Labute approximate surface area is 148 Å². The fourth-order valence-corrected chi connectivity index (χ4v) is 3.16. The highest BCUT2D eigenvalue weighted by atomic mass is 16.6. The molecular weight excluding hydrogens is 316 g/mol. The van der Waals surface area contributed by atoms with Crippen LogP contribution in [-0.2, 0) is 0 Å². The van der Waals surface area contributed by atoms with Gasteiger partial charge in [-0.25, -0.2) is 0 Å². The van der Waals surface area contributed by atoms with E-state index in [2.05, 4.69) is 15.5 Å². The lowest BCUT2D eigenvalue weighted by Gasteiger charge is -2.24. The smallest absolute Gasteiger partial charge is 0.292 e. The Kier molecular flexibility index (Phi) is 5.50. The van der Waals surface area contributed by atoms with Crippen LogP contribution in [0.3, 0.4) is 0 Å². The van der Waals surface area contributed by atoms with Crippen molar-refractivity contribution >= 4 is 17.1 Å². The molecular formula is C19H24N4O2. The summed E-state index contributed by atoms with van der Waals surface area (Å²) < 4.78 is 0. The standard InChI is InChI=1S/C19H24N4O2/c1-15(16-6-3-2-4-7-16)21-18-14-17(8-9-19(18)23(24)25)22-12-5-10-20-11-13-22/h2-4,6-9,14-15,20-21H,5,10-13H2,1H3. The van der Waals surface area contributed by atoms with E-state index in [1.54, 1.807) is 6.07 Å². The van der Waals surface area contributed by atoms with Crippen molar-refractivity contribution in [2.24, 2.45) is 0 Å². The lowest BCUT2D eigenvalue weighted by molar-refractivity contribution is -0.384. The molecule has 0 spiro atoms. The number of hydrogen-bond acceptors (Lipinski definition) is 5. The molecule has 3 rings (SSSR count). The zero-order valence-electron chi connectivity index (χ0n) is 14.4. The molecule has 0 radical (unpaired) electrons. The van der Waals surface area contributed by atoms with Crippen LogP contribution in [-0.4, -0.2) is 31.1 Å². The zero-order valence-corrected chi connectivity index (χ0v) is 14.4. The SMILES string of the molecule is CC(Nc1cc(N2CCCNCC2)ccc1[N+](=O)[O-])c1ccccc1. The van der Waals surface area contributed by atoms with Gasteiger partial charge in [0.2, 0.25) is 0 Å². The Morgan fingerprint density at radius 1 is 1.16 bits per heavy atom. The Morgan fingerprint density at radius 3 is 2.72 bits per heavy atom. The first-order valence-electron chi connectivity index (χ1n) is 8.71. The monoisotopic (exact) mass is 340 g/mol. The lowest BCUT2D eigenvalue weighted by Crippen LogP contribution is -2.27. The van der Waals surface area contributed by atoms with Crippen LogP contribution in [0.25, 0.3) is 0 Å². The molecule has 1 heterocycles. The van der Waals surface area contributed by atoms with Gasteiger partial charge in [-0.05, 0) is 37.6 Å². The minimum Gasteiger partial charge on any atom is -0.373 e. The maximum Gasteiger partial charge on any atom is 0.292 e. The third-order valence-corrected chi connectivity index (χ3v) is 4.55. The van der Waals surface area contributed by atoms with E-state index >= 15 is 0 Å². The number of nitro benzene ring substituents is 1. The number of nitrogens with zero attached hydrogens (tertiary/aromatic N) is 2. The average Bonchev–Trinajstić information content (AvgIpc) is 2.91. The molecule has 1 aliphatic rings. The van der Waals surface area contributed by atoms with Crippen molar-refractivity contribution in [3.8, 4) is 0 Å². The topological polar surface area (TPSA) is 70.4 Å². The number of hydrogen-bond donors (Lipinski definition) is 2. The molecule has 6 heteroatoms. The summed E-state index contributed by atoms with van der Waals surface area (Å²) >= 11 is 0. The number of nitro groups is 1. The molecule has 0 aliphatic carbocycles. The molecule has 25 heavy (non-hydrogen) atoms. The predicted octanol–water partition coefficient (Wildman–Crippen LogP) is 3.57. The molecule has 1 atom stereocenters. The summed E-state index contributed by atoms with van der Waals surface area (Å²) in [6.07, 6.45) is 1.07. The lowest BCUT2D eigenvalue weighted by atomic mass is 10.1. The van der Waals surface area contributed by atoms with E-state index in [0.29, 0.717) is 5.69 Å². The van der Waals surface area contributed by atoms with Gasteiger partial charge in [0, 0.05) is 37.4 Å². The summed E-state index contributed by atoms with van der Waals surface area (Å²) in [5.74, 6) is 0. The van der Waals surface area contributed by atoms with Gasteiger partial charge in [0.25, 0.3) is 5.69 Å². The Hall–Kier alpha value is -2.60. The molecule has 0 amide bonds. The minimum absolute atomic E-state index is 0.0130. The normalized spacial score (nSPS) is 16.1. The second kappa shape index (κ2) is 7.98. The summed E-state index contributed by atoms with van der Waals surface area (Å²) in [6, 6.07) is 15.3. The first-order valence-corrected chi connectivity index (χ1v) is 8.71. The number of anilines is 2. The summed E-state index contributed by atoms with van der Waals surface area (Å²) in [7, 11) is 0. The van der Waals surface area contributed by atoms with Gasteiger partial charge in [0.1, 0.15) is 5.69 Å². The van der Waals surface area contributed by atoms with E-state index in [4.69, 9.17) is 0 Å². The quantitative estimate of drug-likeness (QED) is 0.643. The molecule has 0 aromatic heterocycles. The highest BCUT2D eigenvalue weighted by molar-refractivity contribution is 5.69. The number of nitrogens with one attached hydrogen (secondary N) is 2. The third-order valence-electron chi connectivity index (χ3n) is 4.55. The molecule has 2 aromatic carbocycles. The fourth-order valence-electron chi connectivity index (χ4n) is 3.16. The van der Waals surface area contributed by atoms with Gasteiger partial charge < -0.3 is 15.5 Å². The largest absolute Gasteiger partial charge is 0.373 e. The minimum atomic E-state index is -0.326. The maximum atomic E-state index is 11.4. The van der Waals surface area contributed by atoms with Crippen molar-refractivity contribution in [3.63, 3.8) is 0 Å². The van der Waals surface area contributed by atoms with Crippen molar-refractivity contribution in [2.45, 2.75) is 19.4 Å². The van der Waals surface area contributed by atoms with Crippen LogP contribution in [0.1, 0.15) is 24.9 Å². The van der Waals surface area contributed by atoms with Crippen molar-refractivity contribution in [2.75, 3.05) is 36.4 Å². The summed E-state index contributed by atoms with van der Waals surface area (Å²) in [6.45, 7) is 5.82. The predicted molar refractivity (Wildman–Crippen MR) is 101 cm³/mol. The van der Waals surface area contributed by atoms with Gasteiger partial charge in [-0.3, -0.25) is 10.1 Å². The van der Waals surface area contributed by atoms with E-state index in [1.807, 2.05) is 49.4 Å². The van der Waals surface area contributed by atoms with Gasteiger partial charge in [-0.1, -0.05) is 30.3 Å². The van der Waals surface area contributed by atoms with Gasteiger partial charge >= 0.3 is 0 Å².